The molecule has 0 saturated heterocycles. The minimum atomic E-state index is -0.837. The fourth-order valence-corrected chi connectivity index (χ4v) is 3.76. The molecule has 2 amide bonds. The first kappa shape index (κ1) is 23.7. The Balaban J connectivity index is 1.67. The summed E-state index contributed by atoms with van der Waals surface area (Å²) in [5.74, 6) is -0.395. The van der Waals surface area contributed by atoms with Crippen molar-refractivity contribution in [2.24, 2.45) is 0 Å². The predicted octanol–water partition coefficient (Wildman–Crippen LogP) is 4.86. The Morgan fingerprint density at radius 3 is 2.38 bits per heavy atom. The summed E-state index contributed by atoms with van der Waals surface area (Å²) in [4.78, 5) is 25.3. The van der Waals surface area contributed by atoms with Gasteiger partial charge >= 0.3 is 6.09 Å². The lowest BCUT2D eigenvalue weighted by Gasteiger charge is -2.23. The van der Waals surface area contributed by atoms with E-state index in [9.17, 15) is 9.59 Å². The zero-order chi connectivity index (χ0) is 23.1. The van der Waals surface area contributed by atoms with E-state index >= 15 is 0 Å². The van der Waals surface area contributed by atoms with Gasteiger partial charge in [-0.1, -0.05) is 65.4 Å². The molecule has 3 aromatic rings. The molecule has 0 aliphatic rings. The quantitative estimate of drug-likeness (QED) is 0.512. The Morgan fingerprint density at radius 2 is 1.72 bits per heavy atom. The Morgan fingerprint density at radius 1 is 1.03 bits per heavy atom. The normalized spacial score (nSPS) is 12.1. The zero-order valence-electron chi connectivity index (χ0n) is 18.1. The highest BCUT2D eigenvalue weighted by Crippen LogP contribution is 2.20. The Bertz CT molecular complexity index is 1050. The third kappa shape index (κ3) is 7.62. The summed E-state index contributed by atoms with van der Waals surface area (Å²) in [6.07, 6.45) is 0.227. The topological polar surface area (TPSA) is 93.2 Å². The minimum Gasteiger partial charge on any atom is -0.444 e. The van der Waals surface area contributed by atoms with Crippen LogP contribution in [0.15, 0.2) is 54.6 Å². The number of nitrogens with one attached hydrogen (secondary N) is 2. The molecule has 0 fully saturated rings. The van der Waals surface area contributed by atoms with Crippen LogP contribution in [0.4, 0.5) is 9.93 Å². The number of alkyl carbamates (subject to hydrolysis) is 1. The molecule has 0 radical (unpaired) electrons. The predicted molar refractivity (Wildman–Crippen MR) is 126 cm³/mol. The third-order valence-electron chi connectivity index (χ3n) is 4.26. The lowest BCUT2D eigenvalue weighted by Crippen LogP contribution is -2.47. The van der Waals surface area contributed by atoms with Crippen LogP contribution in [-0.4, -0.2) is 33.8 Å². The van der Waals surface area contributed by atoms with Crippen molar-refractivity contribution in [1.29, 1.82) is 0 Å². The van der Waals surface area contributed by atoms with Gasteiger partial charge in [-0.05, 0) is 44.0 Å². The van der Waals surface area contributed by atoms with Gasteiger partial charge in [-0.2, -0.15) is 0 Å². The number of hydrogen-bond acceptors (Lipinski definition) is 6. The van der Waals surface area contributed by atoms with Crippen molar-refractivity contribution < 1.29 is 14.3 Å². The van der Waals surface area contributed by atoms with Crippen molar-refractivity contribution in [3.8, 4) is 0 Å². The van der Waals surface area contributed by atoms with Crippen molar-refractivity contribution >= 4 is 40.1 Å². The standard InChI is InChI=1S/C23H25ClN4O3S/c1-23(2,3)31-22(30)25-18(13-15-7-5-4-6-8-15)20(29)26-21-28-27-19(32-21)14-16-9-11-17(24)12-10-16/h4-12,18H,13-14H2,1-3H3,(H,25,30)(H,26,28,29)/t18-/m0/s1. The molecule has 0 spiro atoms. The maximum absolute atomic E-state index is 13.0. The molecule has 1 aromatic heterocycles. The first-order valence-electron chi connectivity index (χ1n) is 10.1. The molecular formula is C23H25ClN4O3S. The summed E-state index contributed by atoms with van der Waals surface area (Å²) in [5, 5.41) is 15.4. The second-order valence-corrected chi connectivity index (χ2v) is 9.68. The van der Waals surface area contributed by atoms with E-state index in [2.05, 4.69) is 20.8 Å². The summed E-state index contributed by atoms with van der Waals surface area (Å²) >= 11 is 7.21. The molecule has 32 heavy (non-hydrogen) atoms. The highest BCUT2D eigenvalue weighted by Gasteiger charge is 2.25. The summed E-state index contributed by atoms with van der Waals surface area (Å²) < 4.78 is 5.32. The van der Waals surface area contributed by atoms with Gasteiger partial charge in [0.2, 0.25) is 11.0 Å². The Kier molecular flexibility index (Phi) is 7.82. The number of nitrogens with zero attached hydrogens (tertiary/aromatic N) is 2. The van der Waals surface area contributed by atoms with Gasteiger partial charge in [-0.3, -0.25) is 10.1 Å². The van der Waals surface area contributed by atoms with E-state index in [1.807, 2.05) is 54.6 Å². The van der Waals surface area contributed by atoms with Crippen LogP contribution < -0.4 is 10.6 Å². The summed E-state index contributed by atoms with van der Waals surface area (Å²) in [7, 11) is 0. The van der Waals surface area contributed by atoms with Crippen LogP contribution in [0.2, 0.25) is 5.02 Å². The SMILES string of the molecule is CC(C)(C)OC(=O)N[C@@H](Cc1ccccc1)C(=O)Nc1nnc(Cc2ccc(Cl)cc2)s1. The molecule has 1 heterocycles. The lowest BCUT2D eigenvalue weighted by molar-refractivity contribution is -0.118. The van der Waals surface area contributed by atoms with E-state index in [1.165, 1.54) is 11.3 Å². The number of carbonyl (C=O) groups excluding carboxylic acids is 2. The van der Waals surface area contributed by atoms with Crippen LogP contribution >= 0.6 is 22.9 Å². The summed E-state index contributed by atoms with van der Waals surface area (Å²) in [6, 6.07) is 16.1. The Labute approximate surface area is 196 Å². The number of benzene rings is 2. The van der Waals surface area contributed by atoms with Gasteiger partial charge in [-0.25, -0.2) is 4.79 Å². The summed E-state index contributed by atoms with van der Waals surface area (Å²) in [5.41, 5.74) is 1.27. The molecule has 9 heteroatoms. The Hall–Kier alpha value is -2.97. The second kappa shape index (κ2) is 10.6. The number of halogens is 1. The first-order chi connectivity index (χ1) is 15.2. The maximum Gasteiger partial charge on any atom is 0.408 e. The van der Waals surface area contributed by atoms with E-state index in [0.717, 1.165) is 16.1 Å². The second-order valence-electron chi connectivity index (χ2n) is 8.18. The molecular weight excluding hydrogens is 448 g/mol. The van der Waals surface area contributed by atoms with E-state index in [0.29, 0.717) is 23.0 Å². The lowest BCUT2D eigenvalue weighted by atomic mass is 10.1. The highest BCUT2D eigenvalue weighted by atomic mass is 35.5. The minimum absolute atomic E-state index is 0.308. The molecule has 0 aliphatic heterocycles. The van der Waals surface area contributed by atoms with Crippen molar-refractivity contribution in [2.45, 2.75) is 45.3 Å². The van der Waals surface area contributed by atoms with Crippen LogP contribution in [0.25, 0.3) is 0 Å². The van der Waals surface area contributed by atoms with Crippen molar-refractivity contribution in [2.75, 3.05) is 5.32 Å². The van der Waals surface area contributed by atoms with Crippen LogP contribution in [0, 0.1) is 0 Å². The van der Waals surface area contributed by atoms with Gasteiger partial charge < -0.3 is 10.1 Å². The molecule has 7 nitrogen and oxygen atoms in total. The van der Waals surface area contributed by atoms with Crippen LogP contribution in [-0.2, 0) is 22.4 Å². The first-order valence-corrected chi connectivity index (χ1v) is 11.3. The molecule has 3 rings (SSSR count). The smallest absolute Gasteiger partial charge is 0.408 e. The number of ether oxygens (including phenoxy) is 1. The molecule has 2 N–H and O–H groups in total. The summed E-state index contributed by atoms with van der Waals surface area (Å²) in [6.45, 7) is 5.30. The van der Waals surface area contributed by atoms with Crippen LogP contribution in [0.3, 0.4) is 0 Å². The molecule has 0 bridgehead atoms. The van der Waals surface area contributed by atoms with Gasteiger partial charge in [0.05, 0.1) is 0 Å². The number of amides is 2. The highest BCUT2D eigenvalue weighted by molar-refractivity contribution is 7.15. The number of rotatable bonds is 7. The van der Waals surface area contributed by atoms with E-state index in [4.69, 9.17) is 16.3 Å². The van der Waals surface area contributed by atoms with Crippen molar-refractivity contribution in [3.05, 3.63) is 75.8 Å². The van der Waals surface area contributed by atoms with E-state index < -0.39 is 23.6 Å². The number of anilines is 1. The third-order valence-corrected chi connectivity index (χ3v) is 5.35. The fraction of sp³-hybridized carbons (Fsp3) is 0.304. The molecule has 2 aromatic carbocycles. The fourth-order valence-electron chi connectivity index (χ4n) is 2.85. The molecule has 0 unspecified atom stereocenters. The number of hydrogen-bond donors (Lipinski definition) is 2. The van der Waals surface area contributed by atoms with Crippen molar-refractivity contribution in [1.82, 2.24) is 15.5 Å². The largest absolute Gasteiger partial charge is 0.444 e. The van der Waals surface area contributed by atoms with Gasteiger partial charge in [-0.15, -0.1) is 10.2 Å². The molecule has 1 atom stereocenters. The number of carbonyl (C=O) groups is 2. The van der Waals surface area contributed by atoms with Crippen LogP contribution in [0.5, 0.6) is 0 Å². The van der Waals surface area contributed by atoms with E-state index in [1.54, 1.807) is 20.8 Å². The monoisotopic (exact) mass is 472 g/mol. The molecule has 168 valence electrons. The molecule has 0 aliphatic carbocycles. The maximum atomic E-state index is 13.0. The average molecular weight is 473 g/mol. The van der Waals surface area contributed by atoms with Gasteiger partial charge in [0.25, 0.3) is 0 Å². The molecule has 0 saturated carbocycles. The van der Waals surface area contributed by atoms with E-state index in [-0.39, 0.29) is 0 Å². The van der Waals surface area contributed by atoms with Gasteiger partial charge in [0, 0.05) is 17.9 Å². The van der Waals surface area contributed by atoms with Crippen LogP contribution in [0.1, 0.15) is 36.9 Å². The zero-order valence-corrected chi connectivity index (χ0v) is 19.7. The van der Waals surface area contributed by atoms with Gasteiger partial charge in [0.1, 0.15) is 16.7 Å². The van der Waals surface area contributed by atoms with Crippen molar-refractivity contribution in [3.63, 3.8) is 0 Å². The number of aromatic nitrogens is 2. The average Bonchev–Trinajstić information content (AvgIpc) is 3.15. The van der Waals surface area contributed by atoms with Gasteiger partial charge in [0.15, 0.2) is 0 Å².